The van der Waals surface area contributed by atoms with Gasteiger partial charge in [-0.15, -0.1) is 0 Å². The number of nitrogens with two attached hydrogens (primary N) is 1. The molecule has 0 aliphatic carbocycles. The van der Waals surface area contributed by atoms with Crippen molar-refractivity contribution in [1.29, 1.82) is 0 Å². The molecule has 0 fully saturated rings. The molecule has 1 aromatic rings. The first-order chi connectivity index (χ1) is 7.95. The Kier molecular flexibility index (Phi) is 21.2. The predicted octanol–water partition coefficient (Wildman–Crippen LogP) is 2.35. The molecule has 0 aromatic carbocycles. The van der Waals surface area contributed by atoms with Gasteiger partial charge in [0.1, 0.15) is 5.24 Å². The molecule has 2 amide bonds. The van der Waals surface area contributed by atoms with E-state index in [4.69, 9.17) is 4.79 Å². The normalized spacial score (nSPS) is 7.44. The van der Waals surface area contributed by atoms with Crippen molar-refractivity contribution < 1.29 is 29.1 Å². The average molecular weight is 358 g/mol. The van der Waals surface area contributed by atoms with E-state index in [-0.39, 0.29) is 24.7 Å². The van der Waals surface area contributed by atoms with Crippen LogP contribution in [0, 0.1) is 0 Å². The van der Waals surface area contributed by atoms with Gasteiger partial charge in [0, 0.05) is 13.1 Å². The van der Waals surface area contributed by atoms with E-state index in [2.05, 4.69) is 31.0 Å². The van der Waals surface area contributed by atoms with Crippen molar-refractivity contribution in [2.24, 2.45) is 5.73 Å². The molecule has 0 bridgehead atoms. The van der Waals surface area contributed by atoms with Crippen LogP contribution in [0.3, 0.4) is 0 Å². The molecule has 1 heterocycles. The fraction of sp³-hybridized carbons (Fsp3) is 0.400. The van der Waals surface area contributed by atoms with Crippen LogP contribution >= 0.6 is 11.3 Å². The summed E-state index contributed by atoms with van der Waals surface area (Å²) in [4.78, 5) is 21.0. The molecule has 0 aliphatic heterocycles. The molecule has 8 heteroatoms. The van der Waals surface area contributed by atoms with Gasteiger partial charge in [0.25, 0.3) is 0 Å². The molecular formula is C10H16N2O2S3Zn. The number of rotatable bonds is 2. The van der Waals surface area contributed by atoms with Gasteiger partial charge in [0.15, 0.2) is 0 Å². The van der Waals surface area contributed by atoms with Gasteiger partial charge in [0.05, 0.1) is 5.24 Å². The number of hydrogen-bond donors (Lipinski definition) is 1. The Balaban J connectivity index is -0.000000195. The summed E-state index contributed by atoms with van der Waals surface area (Å²) < 4.78 is 0. The number of carbonyl (C=O) groups excluding carboxylic acids is 2. The summed E-state index contributed by atoms with van der Waals surface area (Å²) in [5.74, 6) is 0. The van der Waals surface area contributed by atoms with E-state index in [1.54, 1.807) is 16.2 Å². The van der Waals surface area contributed by atoms with Crippen molar-refractivity contribution in [3.8, 4) is 0 Å². The fourth-order valence-corrected chi connectivity index (χ4v) is 1.42. The quantitative estimate of drug-likeness (QED) is 0.652. The molecule has 4 nitrogen and oxygen atoms in total. The second kappa shape index (κ2) is 16.7. The van der Waals surface area contributed by atoms with Crippen LogP contribution in [-0.2, 0) is 44.7 Å². The van der Waals surface area contributed by atoms with E-state index in [0.717, 1.165) is 13.1 Å². The van der Waals surface area contributed by atoms with E-state index in [9.17, 15) is 4.79 Å². The monoisotopic (exact) mass is 356 g/mol. The molecule has 1 rings (SSSR count). The minimum absolute atomic E-state index is 0. The van der Waals surface area contributed by atoms with Crippen LogP contribution in [-0.4, -0.2) is 28.5 Å². The molecule has 0 aliphatic rings. The minimum atomic E-state index is -0.750. The van der Waals surface area contributed by atoms with Gasteiger partial charge < -0.3 is 45.5 Å². The van der Waals surface area contributed by atoms with Gasteiger partial charge in [-0.2, -0.15) is 11.3 Å². The third-order valence-electron chi connectivity index (χ3n) is 1.45. The average Bonchev–Trinajstić information content (AvgIpc) is 2.75. The van der Waals surface area contributed by atoms with Gasteiger partial charge in [0.2, 0.25) is 0 Å². The third-order valence-corrected chi connectivity index (χ3v) is 2.33. The first kappa shape index (κ1) is 22.8. The summed E-state index contributed by atoms with van der Waals surface area (Å²) in [5, 5.41) is 3.08. The summed E-state index contributed by atoms with van der Waals surface area (Å²) in [7, 11) is 0. The Labute approximate surface area is 136 Å². The van der Waals surface area contributed by atoms with Crippen molar-refractivity contribution in [3.05, 3.63) is 22.9 Å². The minimum Gasteiger partial charge on any atom is -0.719 e. The maximum Gasteiger partial charge on any atom is 2.00 e. The number of hydrogen-bond acceptors (Lipinski definition) is 5. The molecule has 1 aromatic heterocycles. The standard InChI is InChI=1S/C5H11NOS.C4H4S.CH3NOS.Zn/c1-3-6(4-2)5(7)8;1-2-4-5-3-1;2-1(3)4;/h3-4H2,1-2H3,(H,7,8);1-4H;(H3,2,3,4);/q;;;+2/p-2. The SMILES string of the molecule is CCN(CC)C(=O)[S-].NC(=O)[S-].[Zn+2].c1ccsc1. The van der Waals surface area contributed by atoms with Gasteiger partial charge in [-0.05, 0) is 24.6 Å². The number of thiophene rings is 1. The molecule has 0 radical (unpaired) electrons. The van der Waals surface area contributed by atoms with Crippen molar-refractivity contribution >= 4 is 47.1 Å². The van der Waals surface area contributed by atoms with Gasteiger partial charge in [-0.1, -0.05) is 12.1 Å². The number of carbonyl (C=O) groups is 2. The van der Waals surface area contributed by atoms with Crippen LogP contribution in [0.5, 0.6) is 0 Å². The maximum atomic E-state index is 10.3. The topological polar surface area (TPSA) is 63.4 Å². The molecule has 18 heavy (non-hydrogen) atoms. The van der Waals surface area contributed by atoms with E-state index < -0.39 is 5.24 Å². The first-order valence-corrected chi connectivity index (χ1v) is 6.61. The summed E-state index contributed by atoms with van der Waals surface area (Å²) >= 11 is 9.86. The summed E-state index contributed by atoms with van der Waals surface area (Å²) in [5.41, 5.74) is 4.29. The zero-order valence-corrected chi connectivity index (χ0v) is 15.9. The van der Waals surface area contributed by atoms with Crippen LogP contribution in [0.1, 0.15) is 13.8 Å². The van der Waals surface area contributed by atoms with Gasteiger partial charge >= 0.3 is 19.5 Å². The van der Waals surface area contributed by atoms with Crippen LogP contribution in [0.25, 0.3) is 0 Å². The van der Waals surface area contributed by atoms with E-state index in [0.29, 0.717) is 0 Å². The smallest absolute Gasteiger partial charge is 0.719 e. The Hall–Kier alpha value is -0.297. The largest absolute Gasteiger partial charge is 2.00 e. The number of primary amides is 1. The van der Waals surface area contributed by atoms with Gasteiger partial charge in [-0.3, -0.25) is 0 Å². The number of amides is 2. The van der Waals surface area contributed by atoms with E-state index >= 15 is 0 Å². The molecule has 0 atom stereocenters. The predicted molar refractivity (Wildman–Crippen MR) is 76.9 cm³/mol. The van der Waals surface area contributed by atoms with Crippen molar-refractivity contribution in [2.45, 2.75) is 13.8 Å². The molecule has 98 valence electrons. The van der Waals surface area contributed by atoms with Crippen LogP contribution < -0.4 is 5.73 Å². The van der Waals surface area contributed by atoms with Crippen molar-refractivity contribution in [3.63, 3.8) is 0 Å². The first-order valence-electron chi connectivity index (χ1n) is 4.85. The fourth-order valence-electron chi connectivity index (χ4n) is 0.709. The van der Waals surface area contributed by atoms with E-state index in [1.807, 2.05) is 36.7 Å². The van der Waals surface area contributed by atoms with Crippen molar-refractivity contribution in [1.82, 2.24) is 4.90 Å². The Morgan fingerprint density at radius 3 is 1.56 bits per heavy atom. The Bertz CT molecular complexity index is 272. The second-order valence-corrected chi connectivity index (χ2v) is 4.12. The maximum absolute atomic E-state index is 10.3. The third kappa shape index (κ3) is 21.0. The summed E-state index contributed by atoms with van der Waals surface area (Å²) in [6.45, 7) is 5.26. The molecule has 0 unspecified atom stereocenters. The zero-order valence-electron chi connectivity index (χ0n) is 10.5. The van der Waals surface area contributed by atoms with Crippen molar-refractivity contribution in [2.75, 3.05) is 13.1 Å². The summed E-state index contributed by atoms with van der Waals surface area (Å²) in [6, 6.07) is 4.04. The van der Waals surface area contributed by atoms with Crippen LogP contribution in [0.2, 0.25) is 0 Å². The van der Waals surface area contributed by atoms with Crippen LogP contribution in [0.15, 0.2) is 22.9 Å². The van der Waals surface area contributed by atoms with Crippen LogP contribution in [0.4, 0.5) is 9.59 Å². The molecule has 0 saturated carbocycles. The second-order valence-electron chi connectivity index (χ2n) is 2.55. The van der Waals surface area contributed by atoms with E-state index in [1.165, 1.54) is 0 Å². The zero-order chi connectivity index (χ0) is 13.7. The Morgan fingerprint density at radius 1 is 1.17 bits per heavy atom. The van der Waals surface area contributed by atoms with Gasteiger partial charge in [-0.25, -0.2) is 0 Å². The molecule has 0 spiro atoms. The molecular weight excluding hydrogens is 342 g/mol. The summed E-state index contributed by atoms with van der Waals surface area (Å²) in [6.07, 6.45) is 0. The molecule has 0 saturated heterocycles. The Morgan fingerprint density at radius 2 is 1.50 bits per heavy atom. The molecule has 2 N–H and O–H groups in total. The number of nitrogens with zero attached hydrogens (tertiary/aromatic N) is 1.